The lowest BCUT2D eigenvalue weighted by Crippen LogP contribution is -2.12. The molecule has 6 nitrogen and oxygen atoms in total. The van der Waals surface area contributed by atoms with Crippen LogP contribution in [-0.2, 0) is 10.0 Å². The Hall–Kier alpha value is -2.41. The number of ether oxygens (including phenoxy) is 1. The fourth-order valence-electron chi connectivity index (χ4n) is 4.36. The van der Waals surface area contributed by atoms with Gasteiger partial charge in [-0.2, -0.15) is 0 Å². The van der Waals surface area contributed by atoms with E-state index in [9.17, 15) is 18.6 Å². The molecule has 37 heavy (non-hydrogen) atoms. The lowest BCUT2D eigenvalue weighted by atomic mass is 10.0. The molecule has 0 spiro atoms. The molecular formula is C30H47NO5S. The van der Waals surface area contributed by atoms with E-state index in [2.05, 4.69) is 11.6 Å². The summed E-state index contributed by atoms with van der Waals surface area (Å²) in [5, 5.41) is 18.9. The third-order valence-electron chi connectivity index (χ3n) is 6.63. The molecule has 0 radical (unpaired) electrons. The molecule has 2 aromatic carbocycles. The van der Waals surface area contributed by atoms with E-state index >= 15 is 0 Å². The number of phenolic OH excluding ortho intramolecular Hbond substituents is 2. The first-order chi connectivity index (χ1) is 17.9. The van der Waals surface area contributed by atoms with E-state index in [0.717, 1.165) is 18.9 Å². The van der Waals surface area contributed by atoms with Gasteiger partial charge in [0.05, 0.1) is 17.2 Å². The lowest BCUT2D eigenvalue weighted by molar-refractivity contribution is 0.304. The van der Waals surface area contributed by atoms with Gasteiger partial charge >= 0.3 is 0 Å². The minimum Gasteiger partial charge on any atom is -0.504 e. The van der Waals surface area contributed by atoms with Crippen molar-refractivity contribution in [2.75, 3.05) is 11.3 Å². The molecule has 0 heterocycles. The van der Waals surface area contributed by atoms with Gasteiger partial charge < -0.3 is 14.9 Å². The molecule has 0 aromatic heterocycles. The Morgan fingerprint density at radius 1 is 0.649 bits per heavy atom. The summed E-state index contributed by atoms with van der Waals surface area (Å²) >= 11 is 0. The van der Waals surface area contributed by atoms with Crippen LogP contribution in [0, 0.1) is 0 Å². The second-order valence-electron chi connectivity index (χ2n) is 9.93. The van der Waals surface area contributed by atoms with Gasteiger partial charge in [-0.15, -0.1) is 0 Å². The van der Waals surface area contributed by atoms with Crippen LogP contribution in [0.4, 0.5) is 5.69 Å². The predicted octanol–water partition coefficient (Wildman–Crippen LogP) is 8.54. The highest BCUT2D eigenvalue weighted by Crippen LogP contribution is 2.29. The molecule has 0 aliphatic rings. The summed E-state index contributed by atoms with van der Waals surface area (Å²) in [6, 6.07) is 10.0. The van der Waals surface area contributed by atoms with Crippen LogP contribution in [0.15, 0.2) is 47.4 Å². The summed E-state index contributed by atoms with van der Waals surface area (Å²) in [7, 11) is -3.81. The highest BCUT2D eigenvalue weighted by Gasteiger charge is 2.15. The fourth-order valence-corrected chi connectivity index (χ4v) is 5.41. The summed E-state index contributed by atoms with van der Waals surface area (Å²) in [4.78, 5) is 0.0924. The van der Waals surface area contributed by atoms with Gasteiger partial charge in [-0.05, 0) is 42.8 Å². The van der Waals surface area contributed by atoms with Gasteiger partial charge in [0.2, 0.25) is 0 Å². The van der Waals surface area contributed by atoms with Crippen molar-refractivity contribution in [1.82, 2.24) is 0 Å². The van der Waals surface area contributed by atoms with Crippen LogP contribution < -0.4 is 9.46 Å². The van der Waals surface area contributed by atoms with E-state index in [1.54, 1.807) is 12.1 Å². The molecule has 0 bridgehead atoms. The largest absolute Gasteiger partial charge is 0.504 e. The number of hydrogen-bond acceptors (Lipinski definition) is 5. The molecule has 0 atom stereocenters. The first-order valence-electron chi connectivity index (χ1n) is 14.2. The number of hydrogen-bond donors (Lipinski definition) is 3. The third kappa shape index (κ3) is 13.1. The van der Waals surface area contributed by atoms with Gasteiger partial charge in [-0.1, -0.05) is 103 Å². The maximum absolute atomic E-state index is 12.5. The highest BCUT2D eigenvalue weighted by atomic mass is 32.2. The minimum atomic E-state index is -3.81. The number of phenols is 2. The number of unbranched alkanes of at least 4 members (excludes halogenated alkanes) is 15. The van der Waals surface area contributed by atoms with Crippen LogP contribution in [0.5, 0.6) is 17.2 Å². The first kappa shape index (κ1) is 30.8. The average molecular weight is 534 g/mol. The normalized spacial score (nSPS) is 11.5. The molecule has 2 aromatic rings. The zero-order chi connectivity index (χ0) is 26.8. The van der Waals surface area contributed by atoms with Crippen molar-refractivity contribution < 1.29 is 23.4 Å². The van der Waals surface area contributed by atoms with Gasteiger partial charge in [0.15, 0.2) is 11.5 Å². The number of anilines is 1. The highest BCUT2D eigenvalue weighted by molar-refractivity contribution is 7.92. The van der Waals surface area contributed by atoms with Gasteiger partial charge in [0.25, 0.3) is 10.0 Å². The molecule has 0 saturated heterocycles. The van der Waals surface area contributed by atoms with E-state index in [4.69, 9.17) is 4.74 Å². The second-order valence-corrected chi connectivity index (χ2v) is 11.6. The number of benzene rings is 2. The number of nitrogens with one attached hydrogen (secondary N) is 1. The molecule has 0 saturated carbocycles. The summed E-state index contributed by atoms with van der Waals surface area (Å²) in [6.45, 7) is 2.89. The van der Waals surface area contributed by atoms with Crippen molar-refractivity contribution in [2.24, 2.45) is 0 Å². The molecule has 7 heteroatoms. The van der Waals surface area contributed by atoms with E-state index in [-0.39, 0.29) is 16.3 Å². The number of aromatic hydroxyl groups is 2. The van der Waals surface area contributed by atoms with Crippen LogP contribution in [-0.4, -0.2) is 25.2 Å². The van der Waals surface area contributed by atoms with Crippen LogP contribution in [0.3, 0.4) is 0 Å². The van der Waals surface area contributed by atoms with Gasteiger partial charge in [0, 0.05) is 6.07 Å². The summed E-state index contributed by atoms with van der Waals surface area (Å²) < 4.78 is 33.2. The Morgan fingerprint density at radius 2 is 1.14 bits per heavy atom. The summed E-state index contributed by atoms with van der Waals surface area (Å²) in [5.74, 6) is -0.0611. The maximum atomic E-state index is 12.5. The van der Waals surface area contributed by atoms with Crippen molar-refractivity contribution >= 4 is 15.7 Å². The van der Waals surface area contributed by atoms with Crippen molar-refractivity contribution in [1.29, 1.82) is 0 Å². The quantitative estimate of drug-likeness (QED) is 0.0849. The zero-order valence-electron chi connectivity index (χ0n) is 22.6. The topological polar surface area (TPSA) is 95.9 Å². The van der Waals surface area contributed by atoms with Crippen LogP contribution >= 0.6 is 0 Å². The molecule has 3 N–H and O–H groups in total. The summed E-state index contributed by atoms with van der Waals surface area (Å²) in [6.07, 6.45) is 21.3. The van der Waals surface area contributed by atoms with Gasteiger partial charge in [-0.25, -0.2) is 8.42 Å². The Labute approximate surface area is 224 Å². The Kier molecular flexibility index (Phi) is 14.9. The third-order valence-corrected chi connectivity index (χ3v) is 8.03. The lowest BCUT2D eigenvalue weighted by Gasteiger charge is -2.10. The molecule has 0 aliphatic heterocycles. The Morgan fingerprint density at radius 3 is 1.62 bits per heavy atom. The maximum Gasteiger partial charge on any atom is 0.261 e. The Balaban J connectivity index is 1.48. The molecule has 0 unspecified atom stereocenters. The van der Waals surface area contributed by atoms with Crippen molar-refractivity contribution in [2.45, 2.75) is 115 Å². The summed E-state index contributed by atoms with van der Waals surface area (Å²) in [5.41, 5.74) is 0.166. The molecule has 0 fully saturated rings. The first-order valence-corrected chi connectivity index (χ1v) is 15.7. The van der Waals surface area contributed by atoms with Crippen LogP contribution in [0.1, 0.15) is 110 Å². The Bertz CT molecular complexity index is 976. The second kappa shape index (κ2) is 17.9. The smallest absolute Gasteiger partial charge is 0.261 e. The van der Waals surface area contributed by atoms with E-state index in [1.807, 2.05) is 0 Å². The predicted molar refractivity (Wildman–Crippen MR) is 152 cm³/mol. The molecule has 0 amide bonds. The van der Waals surface area contributed by atoms with Crippen molar-refractivity contribution in [3.8, 4) is 17.2 Å². The minimum absolute atomic E-state index is 0.0924. The van der Waals surface area contributed by atoms with Crippen molar-refractivity contribution in [3.05, 3.63) is 42.5 Å². The molecular weight excluding hydrogens is 486 g/mol. The molecule has 2 rings (SSSR count). The monoisotopic (exact) mass is 533 g/mol. The van der Waals surface area contributed by atoms with Gasteiger partial charge in [-0.3, -0.25) is 4.72 Å². The zero-order valence-corrected chi connectivity index (χ0v) is 23.4. The SMILES string of the molecule is CCCCCCCCCCCCCCCCCCOc1ccc(S(=O)(=O)Nc2ccc(O)c(O)c2)cc1. The molecule has 0 aliphatic carbocycles. The fraction of sp³-hybridized carbons (Fsp3) is 0.600. The van der Waals surface area contributed by atoms with Gasteiger partial charge in [0.1, 0.15) is 5.75 Å². The average Bonchev–Trinajstić information content (AvgIpc) is 2.88. The van der Waals surface area contributed by atoms with E-state index in [0.29, 0.717) is 12.4 Å². The van der Waals surface area contributed by atoms with E-state index < -0.39 is 15.8 Å². The van der Waals surface area contributed by atoms with Crippen LogP contribution in [0.25, 0.3) is 0 Å². The van der Waals surface area contributed by atoms with Crippen molar-refractivity contribution in [3.63, 3.8) is 0 Å². The van der Waals surface area contributed by atoms with E-state index in [1.165, 1.54) is 114 Å². The molecule has 208 valence electrons. The standard InChI is InChI=1S/C30H47NO5S/c1-2-3-4-5-6-7-8-9-10-11-12-13-14-15-16-17-24-36-27-19-21-28(22-20-27)37(34,35)31-26-18-23-29(32)30(33)25-26/h18-23,25,31-33H,2-17,24H2,1H3. The number of sulfonamides is 1. The van der Waals surface area contributed by atoms with Crippen LogP contribution in [0.2, 0.25) is 0 Å². The number of rotatable bonds is 21.